The molecule has 4 heteroatoms. The topological polar surface area (TPSA) is 43.4 Å². The van der Waals surface area contributed by atoms with Crippen LogP contribution < -0.4 is 0 Å². The molecule has 0 radical (unpaired) electrons. The van der Waals surface area contributed by atoms with E-state index in [0.29, 0.717) is 11.3 Å². The maximum absolute atomic E-state index is 11.5. The predicted octanol–water partition coefficient (Wildman–Crippen LogP) is 2.12. The lowest BCUT2D eigenvalue weighted by atomic mass is 10.2. The van der Waals surface area contributed by atoms with Gasteiger partial charge in [0, 0.05) is 12.5 Å². The Hall–Kier alpha value is -1.29. The molecule has 0 aliphatic rings. The highest BCUT2D eigenvalue weighted by Crippen LogP contribution is 2.07. The average Bonchev–Trinajstić information content (AvgIpc) is 2.25. The summed E-state index contributed by atoms with van der Waals surface area (Å²) >= 11 is 1.29. The van der Waals surface area contributed by atoms with E-state index in [0.717, 1.165) is 0 Å². The van der Waals surface area contributed by atoms with E-state index < -0.39 is 0 Å². The summed E-state index contributed by atoms with van der Waals surface area (Å²) < 4.78 is 4.70. The monoisotopic (exact) mass is 224 g/mol. The Bertz CT molecular complexity index is 335. The van der Waals surface area contributed by atoms with Gasteiger partial charge in [0.05, 0.1) is 5.75 Å². The maximum Gasteiger partial charge on any atom is 0.303 e. The Kier molecular flexibility index (Phi) is 4.90. The fraction of sp³-hybridized carbons (Fsp3) is 0.273. The number of rotatable bonds is 5. The number of carbonyl (C=O) groups is 2. The first-order chi connectivity index (χ1) is 7.20. The van der Waals surface area contributed by atoms with Crippen LogP contribution in [-0.4, -0.2) is 23.4 Å². The molecule has 15 heavy (non-hydrogen) atoms. The number of hydrogen-bond acceptors (Lipinski definition) is 4. The highest BCUT2D eigenvalue weighted by atomic mass is 32.2. The molecule has 80 valence electrons. The van der Waals surface area contributed by atoms with Crippen molar-refractivity contribution in [2.24, 2.45) is 0 Å². The van der Waals surface area contributed by atoms with Crippen molar-refractivity contribution < 1.29 is 14.3 Å². The van der Waals surface area contributed by atoms with Crippen molar-refractivity contribution >= 4 is 23.5 Å². The second-order valence-electron chi connectivity index (χ2n) is 2.89. The SMILES string of the molecule is CC(=O)OCSCC(=O)c1ccccc1. The molecular formula is C11H12O3S. The van der Waals surface area contributed by atoms with Gasteiger partial charge in [0.25, 0.3) is 0 Å². The molecule has 1 aromatic rings. The van der Waals surface area contributed by atoms with Crippen molar-refractivity contribution in [3.8, 4) is 0 Å². The third-order valence-electron chi connectivity index (χ3n) is 1.67. The van der Waals surface area contributed by atoms with E-state index in [4.69, 9.17) is 4.74 Å². The van der Waals surface area contributed by atoms with Crippen LogP contribution in [0, 0.1) is 0 Å². The van der Waals surface area contributed by atoms with Crippen LogP contribution in [0.15, 0.2) is 30.3 Å². The largest absolute Gasteiger partial charge is 0.455 e. The first-order valence-electron chi connectivity index (χ1n) is 4.49. The van der Waals surface area contributed by atoms with E-state index >= 15 is 0 Å². The van der Waals surface area contributed by atoms with Crippen LogP contribution in [0.5, 0.6) is 0 Å². The summed E-state index contributed by atoms with van der Waals surface area (Å²) in [6, 6.07) is 9.06. The summed E-state index contributed by atoms with van der Waals surface area (Å²) in [6.45, 7) is 1.35. The lowest BCUT2D eigenvalue weighted by Crippen LogP contribution is -2.04. The molecule has 0 spiro atoms. The van der Waals surface area contributed by atoms with Gasteiger partial charge in [-0.15, -0.1) is 11.8 Å². The standard InChI is InChI=1S/C11H12O3S/c1-9(12)14-8-15-7-11(13)10-5-3-2-4-6-10/h2-6H,7-8H2,1H3. The number of carbonyl (C=O) groups excluding carboxylic acids is 2. The number of ether oxygens (including phenoxy) is 1. The van der Waals surface area contributed by atoms with Crippen molar-refractivity contribution in [3.63, 3.8) is 0 Å². The highest BCUT2D eigenvalue weighted by molar-refractivity contribution is 7.99. The quantitative estimate of drug-likeness (QED) is 0.332. The summed E-state index contributed by atoms with van der Waals surface area (Å²) in [6.07, 6.45) is 0. The third kappa shape index (κ3) is 4.65. The average molecular weight is 224 g/mol. The Morgan fingerprint density at radius 2 is 1.93 bits per heavy atom. The Morgan fingerprint density at radius 3 is 2.53 bits per heavy atom. The van der Waals surface area contributed by atoms with Crippen LogP contribution >= 0.6 is 11.8 Å². The van der Waals surface area contributed by atoms with E-state index in [1.165, 1.54) is 18.7 Å². The summed E-state index contributed by atoms with van der Waals surface area (Å²) in [5.74, 6) is 0.285. The maximum atomic E-state index is 11.5. The zero-order valence-corrected chi connectivity index (χ0v) is 9.25. The van der Waals surface area contributed by atoms with Crippen molar-refractivity contribution in [3.05, 3.63) is 35.9 Å². The Labute approximate surface area is 92.8 Å². The first-order valence-corrected chi connectivity index (χ1v) is 5.65. The molecule has 0 amide bonds. The van der Waals surface area contributed by atoms with Crippen LogP contribution in [0.4, 0.5) is 0 Å². The number of thioether (sulfide) groups is 1. The van der Waals surface area contributed by atoms with Crippen molar-refractivity contribution in [1.82, 2.24) is 0 Å². The van der Waals surface area contributed by atoms with Crippen molar-refractivity contribution in [2.45, 2.75) is 6.92 Å². The van der Waals surface area contributed by atoms with Gasteiger partial charge in [-0.2, -0.15) is 0 Å². The molecule has 1 aromatic carbocycles. The van der Waals surface area contributed by atoms with E-state index in [1.54, 1.807) is 12.1 Å². The van der Waals surface area contributed by atoms with Crippen LogP contribution in [0.3, 0.4) is 0 Å². The van der Waals surface area contributed by atoms with Crippen LogP contribution in [-0.2, 0) is 9.53 Å². The second kappa shape index (κ2) is 6.24. The molecule has 0 saturated carbocycles. The number of Topliss-reactive ketones (excluding diaryl/α,β-unsaturated/α-hetero) is 1. The second-order valence-corrected chi connectivity index (χ2v) is 3.82. The number of esters is 1. The van der Waals surface area contributed by atoms with Gasteiger partial charge in [-0.25, -0.2) is 0 Å². The lowest BCUT2D eigenvalue weighted by molar-refractivity contribution is -0.138. The molecule has 0 atom stereocenters. The van der Waals surface area contributed by atoms with Gasteiger partial charge in [-0.3, -0.25) is 9.59 Å². The number of hydrogen-bond donors (Lipinski definition) is 0. The first kappa shape index (κ1) is 11.8. The van der Waals surface area contributed by atoms with Crippen LogP contribution in [0.25, 0.3) is 0 Å². The van der Waals surface area contributed by atoms with Gasteiger partial charge >= 0.3 is 5.97 Å². The third-order valence-corrected chi connectivity index (χ3v) is 2.43. The molecule has 0 unspecified atom stereocenters. The van der Waals surface area contributed by atoms with Crippen LogP contribution in [0.1, 0.15) is 17.3 Å². The molecule has 0 aliphatic carbocycles. The minimum absolute atomic E-state index is 0.0488. The van der Waals surface area contributed by atoms with Gasteiger partial charge in [0.15, 0.2) is 5.78 Å². The van der Waals surface area contributed by atoms with Gasteiger partial charge in [0.2, 0.25) is 0 Å². The molecule has 0 heterocycles. The Balaban J connectivity index is 2.28. The molecule has 1 rings (SSSR count). The van der Waals surface area contributed by atoms with Crippen LogP contribution in [0.2, 0.25) is 0 Å². The number of benzene rings is 1. The Morgan fingerprint density at radius 1 is 1.27 bits per heavy atom. The number of ketones is 1. The summed E-state index contributed by atoms with van der Waals surface area (Å²) in [5.41, 5.74) is 0.688. The fourth-order valence-electron chi connectivity index (χ4n) is 0.966. The molecular weight excluding hydrogens is 212 g/mol. The summed E-state index contributed by atoms with van der Waals surface area (Å²) in [4.78, 5) is 22.0. The van der Waals surface area contributed by atoms with E-state index in [2.05, 4.69) is 0 Å². The summed E-state index contributed by atoms with van der Waals surface area (Å²) in [7, 11) is 0. The van der Waals surface area contributed by atoms with Crippen molar-refractivity contribution in [2.75, 3.05) is 11.7 Å². The van der Waals surface area contributed by atoms with Gasteiger partial charge in [0.1, 0.15) is 5.94 Å². The van der Waals surface area contributed by atoms with E-state index in [-0.39, 0.29) is 17.7 Å². The molecule has 0 aromatic heterocycles. The minimum Gasteiger partial charge on any atom is -0.455 e. The van der Waals surface area contributed by atoms with Gasteiger partial charge in [-0.1, -0.05) is 30.3 Å². The normalized spacial score (nSPS) is 9.67. The molecule has 0 saturated heterocycles. The highest BCUT2D eigenvalue weighted by Gasteiger charge is 2.04. The molecule has 0 fully saturated rings. The van der Waals surface area contributed by atoms with Crippen molar-refractivity contribution in [1.29, 1.82) is 0 Å². The zero-order chi connectivity index (χ0) is 11.1. The predicted molar refractivity (Wildman–Crippen MR) is 59.9 cm³/mol. The lowest BCUT2D eigenvalue weighted by Gasteiger charge is -2.01. The summed E-state index contributed by atoms with van der Waals surface area (Å²) in [5, 5.41) is 0. The van der Waals surface area contributed by atoms with E-state index in [9.17, 15) is 9.59 Å². The van der Waals surface area contributed by atoms with Gasteiger partial charge in [-0.05, 0) is 0 Å². The smallest absolute Gasteiger partial charge is 0.303 e. The minimum atomic E-state index is -0.324. The van der Waals surface area contributed by atoms with Gasteiger partial charge < -0.3 is 4.74 Å². The molecule has 0 bridgehead atoms. The molecule has 3 nitrogen and oxygen atoms in total. The van der Waals surface area contributed by atoms with E-state index in [1.807, 2.05) is 18.2 Å². The molecule has 0 N–H and O–H groups in total. The zero-order valence-electron chi connectivity index (χ0n) is 8.43. The fourth-order valence-corrected chi connectivity index (χ4v) is 1.65. The molecule has 0 aliphatic heterocycles.